The van der Waals surface area contributed by atoms with E-state index in [2.05, 4.69) is 157 Å². The summed E-state index contributed by atoms with van der Waals surface area (Å²) in [7, 11) is 0. The predicted molar refractivity (Wildman–Crippen MR) is 225 cm³/mol. The molecule has 1 unspecified atom stereocenters. The maximum absolute atomic E-state index is 6.78. The van der Waals surface area contributed by atoms with Gasteiger partial charge in [-0.25, -0.2) is 9.97 Å². The van der Waals surface area contributed by atoms with Gasteiger partial charge in [-0.05, 0) is 71.1 Å². The quantitative estimate of drug-likeness (QED) is 0.155. The van der Waals surface area contributed by atoms with E-state index in [-0.39, 0.29) is 6.17 Å². The first-order valence-electron chi connectivity index (χ1n) is 18.5. The molecular weight excluding hydrogens is 659 g/mol. The lowest BCUT2D eigenvalue weighted by Crippen LogP contribution is -2.31. The minimum absolute atomic E-state index is 0.167. The van der Waals surface area contributed by atoms with Crippen molar-refractivity contribution < 1.29 is 0 Å². The van der Waals surface area contributed by atoms with Gasteiger partial charge in [0.1, 0.15) is 6.17 Å². The lowest BCUT2D eigenvalue weighted by atomic mass is 9.92. The molecule has 9 rings (SSSR count). The molecule has 0 saturated heterocycles. The number of nitrogens with zero attached hydrogens (tertiary/aromatic N) is 3. The van der Waals surface area contributed by atoms with Gasteiger partial charge in [0.2, 0.25) is 0 Å². The van der Waals surface area contributed by atoms with Crippen LogP contribution in [-0.4, -0.2) is 16.1 Å². The van der Waals surface area contributed by atoms with E-state index in [0.29, 0.717) is 5.82 Å². The van der Waals surface area contributed by atoms with Gasteiger partial charge in [0.25, 0.3) is 0 Å². The van der Waals surface area contributed by atoms with E-state index in [1.807, 2.05) is 42.5 Å². The highest BCUT2D eigenvalue weighted by Gasteiger charge is 2.30. The lowest BCUT2D eigenvalue weighted by Gasteiger charge is -2.28. The molecule has 260 valence electrons. The highest BCUT2D eigenvalue weighted by atomic mass is 15.3. The molecule has 0 aliphatic carbocycles. The summed E-state index contributed by atoms with van der Waals surface area (Å²) in [6.07, 6.45) is 1.13. The third-order valence-electron chi connectivity index (χ3n) is 10.2. The molecule has 1 aliphatic heterocycles. The minimum atomic E-state index is 0.167. The van der Waals surface area contributed by atoms with E-state index in [1.165, 1.54) is 16.9 Å². The summed E-state index contributed by atoms with van der Waals surface area (Å²) in [5.74, 6) is 0.672. The fourth-order valence-electron chi connectivity index (χ4n) is 7.57. The normalized spacial score (nSPS) is 13.4. The maximum Gasteiger partial charge on any atom is 0.161 e. The number of hydrogen-bond donors (Lipinski definition) is 2. The molecular formula is C49H39N5. The van der Waals surface area contributed by atoms with Gasteiger partial charge in [0.05, 0.1) is 28.5 Å². The number of nitrogens with one attached hydrogen (secondary N) is 1. The second kappa shape index (κ2) is 14.2. The Morgan fingerprint density at radius 3 is 1.70 bits per heavy atom. The summed E-state index contributed by atoms with van der Waals surface area (Å²) in [5, 5.41) is 3.72. The molecule has 54 heavy (non-hydrogen) atoms. The van der Waals surface area contributed by atoms with E-state index >= 15 is 0 Å². The van der Waals surface area contributed by atoms with Crippen molar-refractivity contribution in [3.05, 3.63) is 182 Å². The van der Waals surface area contributed by atoms with Gasteiger partial charge in [0.15, 0.2) is 5.82 Å². The summed E-state index contributed by atoms with van der Waals surface area (Å²) in [6.45, 7) is 2.22. The third-order valence-corrected chi connectivity index (χ3v) is 10.2. The van der Waals surface area contributed by atoms with Gasteiger partial charge >= 0.3 is 0 Å². The van der Waals surface area contributed by atoms with Crippen molar-refractivity contribution in [2.24, 2.45) is 0 Å². The first-order chi connectivity index (χ1) is 26.6. The second-order valence-corrected chi connectivity index (χ2v) is 13.6. The van der Waals surface area contributed by atoms with E-state index in [9.17, 15) is 0 Å². The van der Waals surface area contributed by atoms with Crippen LogP contribution >= 0.6 is 0 Å². The van der Waals surface area contributed by atoms with E-state index in [4.69, 9.17) is 15.7 Å². The number of hydrogen-bond acceptors (Lipinski definition) is 5. The highest BCUT2D eigenvalue weighted by molar-refractivity contribution is 5.92. The summed E-state index contributed by atoms with van der Waals surface area (Å²) in [5.41, 5.74) is 22.2. The fraction of sp³-hybridized carbons (Fsp3) is 0.0612. The fourth-order valence-corrected chi connectivity index (χ4v) is 7.57. The molecule has 7 aromatic carbocycles. The van der Waals surface area contributed by atoms with Crippen molar-refractivity contribution in [3.63, 3.8) is 0 Å². The molecule has 2 heterocycles. The largest absolute Gasteiger partial charge is 0.398 e. The number of benzene rings is 7. The lowest BCUT2D eigenvalue weighted by molar-refractivity contribution is 0.729. The number of nitrogens with two attached hydrogens (primary N) is 1. The molecule has 0 amide bonds. The number of rotatable bonds is 8. The van der Waals surface area contributed by atoms with Crippen LogP contribution in [0, 0.1) is 0 Å². The van der Waals surface area contributed by atoms with Gasteiger partial charge in [-0.1, -0.05) is 146 Å². The van der Waals surface area contributed by atoms with Crippen molar-refractivity contribution >= 4 is 22.7 Å². The Morgan fingerprint density at radius 2 is 1.02 bits per heavy atom. The Morgan fingerprint density at radius 1 is 0.481 bits per heavy atom. The van der Waals surface area contributed by atoms with Crippen LogP contribution in [0.15, 0.2) is 182 Å². The van der Waals surface area contributed by atoms with E-state index in [0.717, 1.165) is 73.7 Å². The van der Waals surface area contributed by atoms with Crippen molar-refractivity contribution in [3.8, 4) is 67.3 Å². The number of aromatic nitrogens is 2. The Balaban J connectivity index is 1.13. The van der Waals surface area contributed by atoms with Crippen LogP contribution in [0.5, 0.6) is 0 Å². The molecule has 8 aromatic rings. The molecule has 0 bridgehead atoms. The van der Waals surface area contributed by atoms with Crippen LogP contribution in [0.25, 0.3) is 67.3 Å². The Labute approximate surface area is 316 Å². The van der Waals surface area contributed by atoms with Crippen molar-refractivity contribution in [2.45, 2.75) is 19.5 Å². The van der Waals surface area contributed by atoms with Crippen molar-refractivity contribution in [1.29, 1.82) is 0 Å². The molecule has 0 saturated carbocycles. The number of nitrogen functional groups attached to an aromatic ring is 1. The van der Waals surface area contributed by atoms with Gasteiger partial charge in [-0.2, -0.15) is 0 Å². The van der Waals surface area contributed by atoms with Crippen LogP contribution in [-0.2, 0) is 0 Å². The average Bonchev–Trinajstić information content (AvgIpc) is 3.63. The molecule has 0 radical (unpaired) electrons. The number of para-hydroxylation sites is 3. The van der Waals surface area contributed by atoms with Crippen molar-refractivity contribution in [2.75, 3.05) is 16.0 Å². The molecule has 1 aromatic heterocycles. The SMILES string of the molecule is CCC1Nc2ccccc2N1c1ccccc1-c1cccc(-c2cc(-c3ccccc3-c3nc(-c4ccccc4)cc(-c4ccccc4)n3)ccc2N)c1. The summed E-state index contributed by atoms with van der Waals surface area (Å²) < 4.78 is 0. The molecule has 3 N–H and O–H groups in total. The average molecular weight is 698 g/mol. The summed E-state index contributed by atoms with van der Waals surface area (Å²) >= 11 is 0. The van der Waals surface area contributed by atoms with Gasteiger partial charge in [0, 0.05) is 33.5 Å². The second-order valence-electron chi connectivity index (χ2n) is 13.6. The van der Waals surface area contributed by atoms with Crippen molar-refractivity contribution in [1.82, 2.24) is 9.97 Å². The zero-order valence-electron chi connectivity index (χ0n) is 30.0. The van der Waals surface area contributed by atoms with Crippen LogP contribution in [0.4, 0.5) is 22.7 Å². The Bertz CT molecular complexity index is 2540. The van der Waals surface area contributed by atoms with Gasteiger partial charge in [-0.3, -0.25) is 0 Å². The Kier molecular flexibility index (Phi) is 8.66. The molecule has 1 atom stereocenters. The monoisotopic (exact) mass is 697 g/mol. The molecule has 0 spiro atoms. The number of fused-ring (bicyclic) bond motifs is 1. The first-order valence-corrected chi connectivity index (χ1v) is 18.5. The zero-order valence-corrected chi connectivity index (χ0v) is 30.0. The first kappa shape index (κ1) is 32.9. The van der Waals surface area contributed by atoms with Gasteiger partial charge < -0.3 is 16.0 Å². The Hall–Kier alpha value is -6.98. The summed E-state index contributed by atoms with van der Waals surface area (Å²) in [6, 6.07) is 63.3. The van der Waals surface area contributed by atoms with E-state index in [1.54, 1.807) is 0 Å². The molecule has 0 fully saturated rings. The van der Waals surface area contributed by atoms with E-state index < -0.39 is 0 Å². The third kappa shape index (κ3) is 6.16. The minimum Gasteiger partial charge on any atom is -0.398 e. The van der Waals surface area contributed by atoms with Crippen LogP contribution in [0.2, 0.25) is 0 Å². The predicted octanol–water partition coefficient (Wildman–Crippen LogP) is 12.4. The van der Waals surface area contributed by atoms with Crippen LogP contribution < -0.4 is 16.0 Å². The standard InChI is InChI=1S/C49H39N5/c1-2-48-51-43-25-12-14-27-47(43)54(48)46-26-13-11-23-39(46)35-20-15-21-36(30-35)41-31-37(28-29-42(41)50)38-22-9-10-24-40(38)49-52-44(33-16-5-3-6-17-33)32-45(53-49)34-18-7-4-8-19-34/h3-32,48,51H,2,50H2,1H3. The maximum atomic E-state index is 6.78. The van der Waals surface area contributed by atoms with Gasteiger partial charge in [-0.15, -0.1) is 0 Å². The number of anilines is 4. The molecule has 5 heteroatoms. The van der Waals surface area contributed by atoms with Crippen LogP contribution in [0.1, 0.15) is 13.3 Å². The van der Waals surface area contributed by atoms with Crippen LogP contribution in [0.3, 0.4) is 0 Å². The topological polar surface area (TPSA) is 67.1 Å². The highest BCUT2D eigenvalue weighted by Crippen LogP contribution is 2.45. The zero-order chi connectivity index (χ0) is 36.4. The smallest absolute Gasteiger partial charge is 0.161 e. The summed E-state index contributed by atoms with van der Waals surface area (Å²) in [4.78, 5) is 12.7. The molecule has 1 aliphatic rings. The molecule has 5 nitrogen and oxygen atoms in total.